The molecule has 6 nitrogen and oxygen atoms in total. The number of methoxy groups -OCH3 is 2. The summed E-state index contributed by atoms with van der Waals surface area (Å²) >= 11 is 0. The first-order valence-corrected chi connectivity index (χ1v) is 7.85. The number of ether oxygens (including phenoxy) is 2. The average Bonchev–Trinajstić information content (AvgIpc) is 2.54. The maximum atomic E-state index is 10.7. The van der Waals surface area contributed by atoms with E-state index in [-0.39, 0.29) is 30.6 Å². The molecule has 0 spiro atoms. The molecule has 0 aliphatic heterocycles. The zero-order valence-electron chi connectivity index (χ0n) is 16.5. The molecule has 0 atom stereocenters. The Morgan fingerprint density at radius 3 is 1.22 bits per heavy atom. The second kappa shape index (κ2) is 10.7. The molecule has 2 aromatic rings. The van der Waals surface area contributed by atoms with E-state index < -0.39 is 11.9 Å². The van der Waals surface area contributed by atoms with Gasteiger partial charge >= 0.3 is 19.5 Å². The van der Waals surface area contributed by atoms with Crippen LogP contribution in [0.25, 0.3) is 0 Å². The van der Waals surface area contributed by atoms with Gasteiger partial charge in [-0.05, 0) is 62.1 Å². The van der Waals surface area contributed by atoms with Gasteiger partial charge in [-0.1, -0.05) is 12.1 Å². The standard InChI is InChI=1S/2C10H12O3.Zn/c2*1-6-4-7(2)9(13-3)8(5-6)10(11)12;/h2*4-5H,1-3H3,(H,11,12);/q;;+2/p-2. The molecule has 0 unspecified atom stereocenters. The fourth-order valence-corrected chi connectivity index (χ4v) is 2.75. The van der Waals surface area contributed by atoms with Gasteiger partial charge in [0.25, 0.3) is 0 Å². The molecule has 0 bridgehead atoms. The Bertz CT molecular complexity index is 760. The maximum absolute atomic E-state index is 10.7. The number of carbonyl (C=O) groups is 2. The summed E-state index contributed by atoms with van der Waals surface area (Å²) in [5.74, 6) is -1.65. The Morgan fingerprint density at radius 2 is 1.00 bits per heavy atom. The molecule has 0 radical (unpaired) electrons. The van der Waals surface area contributed by atoms with Crippen molar-refractivity contribution in [1.29, 1.82) is 0 Å². The molecule has 140 valence electrons. The van der Waals surface area contributed by atoms with Crippen molar-refractivity contribution in [3.8, 4) is 11.5 Å². The minimum absolute atomic E-state index is 0. The van der Waals surface area contributed by atoms with Crippen molar-refractivity contribution in [2.24, 2.45) is 0 Å². The van der Waals surface area contributed by atoms with Gasteiger partial charge in [0.15, 0.2) is 0 Å². The van der Waals surface area contributed by atoms with E-state index in [1.807, 2.05) is 26.0 Å². The molecule has 0 aliphatic rings. The second-order valence-corrected chi connectivity index (χ2v) is 5.90. The number of carboxylic acid groups (broad SMARTS) is 2. The first-order chi connectivity index (χ1) is 12.1. The smallest absolute Gasteiger partial charge is 0.545 e. The predicted molar refractivity (Wildman–Crippen MR) is 93.6 cm³/mol. The molecule has 2 rings (SSSR count). The summed E-state index contributed by atoms with van der Waals surface area (Å²) in [4.78, 5) is 21.4. The predicted octanol–water partition coefficient (Wildman–Crippen LogP) is 1.35. The van der Waals surface area contributed by atoms with Crippen molar-refractivity contribution in [2.45, 2.75) is 27.7 Å². The largest absolute Gasteiger partial charge is 2.00 e. The summed E-state index contributed by atoms with van der Waals surface area (Å²) in [7, 11) is 2.90. The number of hydrogen-bond donors (Lipinski definition) is 0. The van der Waals surface area contributed by atoms with E-state index in [9.17, 15) is 19.8 Å². The SMILES string of the molecule is COc1c(C)cc(C)cc1C(=O)[O-].COc1c(C)cc(C)cc1C(=O)[O-].[Zn+2]. The summed E-state index contributed by atoms with van der Waals surface area (Å²) in [5, 5.41) is 21.4. The molecule has 2 aromatic carbocycles. The molecular formula is C20H22O6Zn. The van der Waals surface area contributed by atoms with Crippen LogP contribution in [0.5, 0.6) is 11.5 Å². The minimum Gasteiger partial charge on any atom is -0.545 e. The number of aryl methyl sites for hydroxylation is 4. The Labute approximate surface area is 171 Å². The summed E-state index contributed by atoms with van der Waals surface area (Å²) in [6, 6.07) is 6.82. The van der Waals surface area contributed by atoms with Crippen molar-refractivity contribution >= 4 is 11.9 Å². The van der Waals surface area contributed by atoms with E-state index in [1.165, 1.54) is 14.2 Å². The fraction of sp³-hybridized carbons (Fsp3) is 0.300. The average molecular weight is 424 g/mol. The van der Waals surface area contributed by atoms with Gasteiger partial charge in [0.1, 0.15) is 11.5 Å². The van der Waals surface area contributed by atoms with Gasteiger partial charge in [0, 0.05) is 11.1 Å². The van der Waals surface area contributed by atoms with E-state index in [4.69, 9.17) is 9.47 Å². The van der Waals surface area contributed by atoms with Crippen LogP contribution in [0, 0.1) is 27.7 Å². The van der Waals surface area contributed by atoms with Gasteiger partial charge < -0.3 is 29.3 Å². The topological polar surface area (TPSA) is 98.7 Å². The van der Waals surface area contributed by atoms with E-state index >= 15 is 0 Å². The minimum atomic E-state index is -1.20. The fourth-order valence-electron chi connectivity index (χ4n) is 2.75. The number of hydrogen-bond acceptors (Lipinski definition) is 6. The second-order valence-electron chi connectivity index (χ2n) is 5.90. The Kier molecular flexibility index (Phi) is 9.73. The van der Waals surface area contributed by atoms with Crippen molar-refractivity contribution in [3.63, 3.8) is 0 Å². The molecule has 0 amide bonds. The molecule has 0 aromatic heterocycles. The van der Waals surface area contributed by atoms with E-state index in [0.717, 1.165) is 22.3 Å². The first kappa shape index (κ1) is 24.6. The zero-order valence-corrected chi connectivity index (χ0v) is 19.4. The van der Waals surface area contributed by atoms with Crippen LogP contribution in [0.1, 0.15) is 43.0 Å². The molecule has 0 heterocycles. The van der Waals surface area contributed by atoms with E-state index in [0.29, 0.717) is 11.5 Å². The van der Waals surface area contributed by atoms with Gasteiger partial charge in [-0.15, -0.1) is 0 Å². The number of benzene rings is 2. The summed E-state index contributed by atoms with van der Waals surface area (Å²) in [5.41, 5.74) is 3.61. The van der Waals surface area contributed by atoms with Gasteiger partial charge in [-0.2, -0.15) is 0 Å². The van der Waals surface area contributed by atoms with Gasteiger partial charge in [0.05, 0.1) is 26.2 Å². The first-order valence-electron chi connectivity index (χ1n) is 7.85. The van der Waals surface area contributed by atoms with Crippen LogP contribution >= 0.6 is 0 Å². The van der Waals surface area contributed by atoms with Gasteiger partial charge in [0.2, 0.25) is 0 Å². The molecule has 0 aliphatic carbocycles. The van der Waals surface area contributed by atoms with Gasteiger partial charge in [-0.25, -0.2) is 0 Å². The normalized spacial score (nSPS) is 9.41. The van der Waals surface area contributed by atoms with Crippen LogP contribution < -0.4 is 19.7 Å². The van der Waals surface area contributed by atoms with Crippen molar-refractivity contribution in [2.75, 3.05) is 14.2 Å². The Hall–Kier alpha value is -2.40. The van der Waals surface area contributed by atoms with Crippen LogP contribution in [-0.2, 0) is 19.5 Å². The Morgan fingerprint density at radius 1 is 0.704 bits per heavy atom. The quantitative estimate of drug-likeness (QED) is 0.688. The van der Waals surface area contributed by atoms with Crippen molar-refractivity contribution in [3.05, 3.63) is 57.6 Å². The van der Waals surface area contributed by atoms with Crippen LogP contribution in [0.2, 0.25) is 0 Å². The van der Waals surface area contributed by atoms with Crippen LogP contribution in [0.3, 0.4) is 0 Å². The molecular weight excluding hydrogens is 402 g/mol. The molecule has 0 saturated heterocycles. The van der Waals surface area contributed by atoms with E-state index in [2.05, 4.69) is 0 Å². The zero-order chi connectivity index (χ0) is 20.0. The van der Waals surface area contributed by atoms with Gasteiger partial charge in [-0.3, -0.25) is 0 Å². The van der Waals surface area contributed by atoms with Crippen molar-refractivity contribution in [1.82, 2.24) is 0 Å². The molecule has 27 heavy (non-hydrogen) atoms. The molecule has 0 saturated carbocycles. The number of rotatable bonds is 4. The molecule has 0 N–H and O–H groups in total. The number of carbonyl (C=O) groups excluding carboxylic acids is 2. The summed E-state index contributed by atoms with van der Waals surface area (Å²) in [6.07, 6.45) is 0. The Balaban J connectivity index is 0.000000483. The van der Waals surface area contributed by atoms with Crippen LogP contribution in [0.4, 0.5) is 0 Å². The third-order valence-corrected chi connectivity index (χ3v) is 3.69. The molecule has 7 heteroatoms. The third kappa shape index (κ3) is 6.36. The molecule has 0 fully saturated rings. The number of aromatic carboxylic acids is 2. The summed E-state index contributed by atoms with van der Waals surface area (Å²) < 4.78 is 9.94. The van der Waals surface area contributed by atoms with E-state index in [1.54, 1.807) is 26.0 Å². The van der Waals surface area contributed by atoms with Crippen LogP contribution in [0.15, 0.2) is 24.3 Å². The maximum Gasteiger partial charge on any atom is 2.00 e. The third-order valence-electron chi connectivity index (χ3n) is 3.69. The van der Waals surface area contributed by atoms with Crippen molar-refractivity contribution < 1.29 is 48.8 Å². The monoisotopic (exact) mass is 422 g/mol. The summed E-state index contributed by atoms with van der Waals surface area (Å²) in [6.45, 7) is 7.27. The number of carboxylic acids is 2. The van der Waals surface area contributed by atoms with Crippen LogP contribution in [-0.4, -0.2) is 26.2 Å².